The van der Waals surface area contributed by atoms with Crippen LogP contribution in [0.25, 0.3) is 0 Å². The number of nitrogens with zero attached hydrogens (tertiary/aromatic N) is 2. The summed E-state index contributed by atoms with van der Waals surface area (Å²) in [5, 5.41) is 61.9. The highest BCUT2D eigenvalue weighted by atomic mass is 16.6. The van der Waals surface area contributed by atoms with E-state index in [2.05, 4.69) is 0 Å². The van der Waals surface area contributed by atoms with Gasteiger partial charge in [0.15, 0.2) is 5.78 Å². The molecule has 4 atom stereocenters. The van der Waals surface area contributed by atoms with Crippen LogP contribution >= 0.6 is 0 Å². The number of aliphatic hydroxyl groups excluding tert-OH is 4. The first-order valence-corrected chi connectivity index (χ1v) is 7.40. The highest BCUT2D eigenvalue weighted by Crippen LogP contribution is 2.28. The van der Waals surface area contributed by atoms with Crippen molar-refractivity contribution in [3.8, 4) is 0 Å². The molecule has 0 radical (unpaired) electrons. The summed E-state index contributed by atoms with van der Waals surface area (Å²) < 4.78 is 0. The van der Waals surface area contributed by atoms with Crippen molar-refractivity contribution in [1.29, 1.82) is 0 Å². The lowest BCUT2D eigenvalue weighted by Gasteiger charge is -2.28. The van der Waals surface area contributed by atoms with Crippen LogP contribution in [0.2, 0.25) is 0 Å². The number of rotatable bonds is 9. The monoisotopic (exact) mass is 387 g/mol. The molecule has 0 fully saturated rings. The molecule has 0 saturated heterocycles. The Morgan fingerprint density at radius 3 is 2.07 bits per heavy atom. The van der Waals surface area contributed by atoms with Crippen molar-refractivity contribution in [2.45, 2.75) is 31.3 Å². The molecule has 148 valence electrons. The van der Waals surface area contributed by atoms with Crippen LogP contribution in [-0.2, 0) is 4.79 Å². The molecular weight excluding hydrogens is 370 g/mol. The summed E-state index contributed by atoms with van der Waals surface area (Å²) in [5.41, 5.74) is -2.32. The molecule has 0 unspecified atom stereocenters. The van der Waals surface area contributed by atoms with Crippen molar-refractivity contribution in [1.82, 2.24) is 5.32 Å². The van der Waals surface area contributed by atoms with E-state index in [1.807, 2.05) is 5.32 Å². The Morgan fingerprint density at radius 1 is 1.07 bits per heavy atom. The molecular formula is C14H17N3O10. The molecule has 13 heteroatoms. The van der Waals surface area contributed by atoms with E-state index in [4.69, 9.17) is 5.11 Å². The maximum Gasteiger partial charge on any atom is 0.346 e. The van der Waals surface area contributed by atoms with E-state index in [-0.39, 0.29) is 0 Å². The predicted octanol–water partition coefficient (Wildman–Crippen LogP) is -1.73. The van der Waals surface area contributed by atoms with Gasteiger partial charge in [-0.3, -0.25) is 29.8 Å². The highest BCUT2D eigenvalue weighted by molar-refractivity contribution is 6.03. The van der Waals surface area contributed by atoms with Gasteiger partial charge in [-0.15, -0.1) is 0 Å². The molecule has 5 N–H and O–H groups in total. The third kappa shape index (κ3) is 5.24. The summed E-state index contributed by atoms with van der Waals surface area (Å²) in [5.74, 6) is -1.92. The number of nitrogens with one attached hydrogen (secondary N) is 1. The van der Waals surface area contributed by atoms with Gasteiger partial charge in [-0.2, -0.15) is 0 Å². The molecule has 1 rings (SSSR count). The Kier molecular flexibility index (Phi) is 7.42. The van der Waals surface area contributed by atoms with Gasteiger partial charge in [0.05, 0.1) is 16.5 Å². The van der Waals surface area contributed by atoms with E-state index >= 15 is 0 Å². The fourth-order valence-corrected chi connectivity index (χ4v) is 2.21. The lowest BCUT2D eigenvalue weighted by molar-refractivity contribution is -0.422. The van der Waals surface area contributed by atoms with Gasteiger partial charge in [-0.25, -0.2) is 0 Å². The maximum atomic E-state index is 12.6. The number of amides is 1. The largest absolute Gasteiger partial charge is 0.394 e. The normalized spacial score (nSPS) is 15.3. The number of Topliss-reactive ketones (excluding diaryl/α,β-unsaturated/α-hetero) is 1. The van der Waals surface area contributed by atoms with E-state index in [1.165, 1.54) is 0 Å². The third-order valence-electron chi connectivity index (χ3n) is 3.57. The summed E-state index contributed by atoms with van der Waals surface area (Å²) in [6.45, 7) is 0.0301. The van der Waals surface area contributed by atoms with Crippen LogP contribution in [-0.4, -0.2) is 72.9 Å². The molecule has 1 amide bonds. The van der Waals surface area contributed by atoms with Gasteiger partial charge in [0.25, 0.3) is 0 Å². The molecule has 0 aliphatic carbocycles. The Labute approximate surface area is 151 Å². The summed E-state index contributed by atoms with van der Waals surface area (Å²) >= 11 is 0. The lowest BCUT2D eigenvalue weighted by Crippen LogP contribution is -2.55. The molecule has 27 heavy (non-hydrogen) atoms. The second-order valence-corrected chi connectivity index (χ2v) is 5.49. The van der Waals surface area contributed by atoms with Gasteiger partial charge >= 0.3 is 11.4 Å². The Hall–Kier alpha value is -3.00. The molecule has 0 heterocycles. The molecule has 13 nitrogen and oxygen atoms in total. The van der Waals surface area contributed by atoms with E-state index in [0.717, 1.165) is 13.0 Å². The zero-order valence-electron chi connectivity index (χ0n) is 13.9. The minimum Gasteiger partial charge on any atom is -0.394 e. The number of nitro groups is 2. The van der Waals surface area contributed by atoms with E-state index in [9.17, 15) is 45.1 Å². The molecule has 0 spiro atoms. The van der Waals surface area contributed by atoms with Crippen LogP contribution in [0.1, 0.15) is 17.3 Å². The second-order valence-electron chi connectivity index (χ2n) is 5.49. The fourth-order valence-electron chi connectivity index (χ4n) is 2.21. The van der Waals surface area contributed by atoms with Crippen molar-refractivity contribution in [3.63, 3.8) is 0 Å². The number of ketones is 1. The van der Waals surface area contributed by atoms with Crippen LogP contribution in [0.15, 0.2) is 18.2 Å². The van der Waals surface area contributed by atoms with Crippen LogP contribution < -0.4 is 5.32 Å². The summed E-state index contributed by atoms with van der Waals surface area (Å²) in [6, 6.07) is 0.335. The SMILES string of the molecule is CC(=O)N[C@@H](C(=O)c1ccc([N+](=O)[O-])c([N+](=O)[O-])c1)[C@@H](O)[C@H](O)[C@H](O)CO. The number of carbonyl (C=O) groups is 2. The summed E-state index contributed by atoms with van der Waals surface area (Å²) in [6.07, 6.45) is -5.96. The first-order chi connectivity index (χ1) is 12.5. The van der Waals surface area contributed by atoms with Crippen molar-refractivity contribution in [2.24, 2.45) is 0 Å². The molecule has 1 aromatic carbocycles. The molecule has 0 aromatic heterocycles. The minimum absolute atomic E-state index is 0.462. The number of hydrogen-bond donors (Lipinski definition) is 5. The molecule has 0 bridgehead atoms. The number of carbonyl (C=O) groups excluding carboxylic acids is 2. The minimum atomic E-state index is -2.09. The van der Waals surface area contributed by atoms with Crippen LogP contribution in [0.3, 0.4) is 0 Å². The molecule has 1 aromatic rings. The Bertz CT molecular complexity index is 753. The number of nitro benzene ring substituents is 2. The fraction of sp³-hybridized carbons (Fsp3) is 0.429. The maximum absolute atomic E-state index is 12.6. The Morgan fingerprint density at radius 2 is 1.63 bits per heavy atom. The molecule has 0 aliphatic heterocycles. The van der Waals surface area contributed by atoms with Crippen LogP contribution in [0.5, 0.6) is 0 Å². The quantitative estimate of drug-likeness (QED) is 0.183. The molecule has 0 saturated carbocycles. The topological polar surface area (TPSA) is 213 Å². The summed E-state index contributed by atoms with van der Waals surface area (Å²) in [4.78, 5) is 43.6. The zero-order valence-corrected chi connectivity index (χ0v) is 13.9. The second kappa shape index (κ2) is 9.09. The first kappa shape index (κ1) is 22.0. The van der Waals surface area contributed by atoms with Crippen molar-refractivity contribution in [2.75, 3.05) is 6.61 Å². The van der Waals surface area contributed by atoms with Gasteiger partial charge in [0.2, 0.25) is 5.91 Å². The van der Waals surface area contributed by atoms with Gasteiger partial charge in [0, 0.05) is 24.6 Å². The van der Waals surface area contributed by atoms with Gasteiger partial charge < -0.3 is 25.7 Å². The zero-order chi connectivity index (χ0) is 20.9. The predicted molar refractivity (Wildman–Crippen MR) is 86.8 cm³/mol. The average Bonchev–Trinajstić information content (AvgIpc) is 2.62. The number of aliphatic hydroxyl groups is 4. The average molecular weight is 387 g/mol. The standard InChI is InChI=1S/C14H17N3O10/c1-6(19)15-11(14(23)13(22)10(20)5-18)12(21)7-2-3-8(16(24)25)9(4-7)17(26)27/h2-4,10-11,13-14,18,20,22-23H,5H2,1H3,(H,15,19)/t10-,11+,13-,14-/m1/s1. The smallest absolute Gasteiger partial charge is 0.346 e. The lowest BCUT2D eigenvalue weighted by atomic mass is 9.93. The van der Waals surface area contributed by atoms with Gasteiger partial charge in [0.1, 0.15) is 24.4 Å². The van der Waals surface area contributed by atoms with E-state index in [1.54, 1.807) is 0 Å². The summed E-state index contributed by atoms with van der Waals surface area (Å²) in [7, 11) is 0. The van der Waals surface area contributed by atoms with Gasteiger partial charge in [-0.05, 0) is 6.07 Å². The van der Waals surface area contributed by atoms with E-state index in [0.29, 0.717) is 12.1 Å². The first-order valence-electron chi connectivity index (χ1n) is 7.40. The highest BCUT2D eigenvalue weighted by Gasteiger charge is 2.37. The van der Waals surface area contributed by atoms with Crippen molar-refractivity contribution in [3.05, 3.63) is 44.0 Å². The van der Waals surface area contributed by atoms with Crippen LogP contribution in [0.4, 0.5) is 11.4 Å². The third-order valence-corrected chi connectivity index (χ3v) is 3.57. The number of hydrogen-bond acceptors (Lipinski definition) is 10. The number of benzene rings is 1. The van der Waals surface area contributed by atoms with Gasteiger partial charge in [-0.1, -0.05) is 0 Å². The van der Waals surface area contributed by atoms with Crippen molar-refractivity contribution < 1.29 is 39.9 Å². The van der Waals surface area contributed by atoms with E-state index < -0.39 is 69.4 Å². The van der Waals surface area contributed by atoms with Crippen LogP contribution in [0, 0.1) is 20.2 Å². The Balaban J connectivity index is 3.33. The molecule has 0 aliphatic rings. The van der Waals surface area contributed by atoms with Crippen molar-refractivity contribution >= 4 is 23.1 Å².